The molecular formula is C15H22N2O3. The molecule has 3 rings (SSSR count). The van der Waals surface area contributed by atoms with Crippen LogP contribution in [0.5, 0.6) is 0 Å². The molecule has 20 heavy (non-hydrogen) atoms. The van der Waals surface area contributed by atoms with Gasteiger partial charge in [0.1, 0.15) is 5.78 Å². The van der Waals surface area contributed by atoms with E-state index in [4.69, 9.17) is 0 Å². The maximum Gasteiger partial charge on any atom is 0.228 e. The molecule has 0 N–H and O–H groups in total. The first-order valence-corrected chi connectivity index (χ1v) is 7.65. The second-order valence-corrected chi connectivity index (χ2v) is 6.38. The van der Waals surface area contributed by atoms with E-state index in [0.29, 0.717) is 25.2 Å². The van der Waals surface area contributed by atoms with Crippen LogP contribution < -0.4 is 0 Å². The highest BCUT2D eigenvalue weighted by atomic mass is 16.2. The van der Waals surface area contributed by atoms with E-state index >= 15 is 0 Å². The monoisotopic (exact) mass is 278 g/mol. The standard InChI is InChI=1S/C15H22N2O3/c1-16-9-10(8-14(16)19)15(20)17-7-3-5-12(17)11-4-2-6-13(11)18/h10-12H,2-9H2,1H3. The van der Waals surface area contributed by atoms with Gasteiger partial charge in [0.15, 0.2) is 0 Å². The minimum atomic E-state index is -0.204. The quantitative estimate of drug-likeness (QED) is 0.751. The molecule has 3 fully saturated rings. The zero-order valence-corrected chi connectivity index (χ0v) is 12.0. The molecule has 1 aliphatic carbocycles. The van der Waals surface area contributed by atoms with Crippen LogP contribution in [0.15, 0.2) is 0 Å². The van der Waals surface area contributed by atoms with Gasteiger partial charge >= 0.3 is 0 Å². The Hall–Kier alpha value is -1.39. The molecule has 0 aromatic carbocycles. The van der Waals surface area contributed by atoms with Crippen molar-refractivity contribution in [3.63, 3.8) is 0 Å². The number of amides is 2. The summed E-state index contributed by atoms with van der Waals surface area (Å²) in [6.45, 7) is 1.28. The van der Waals surface area contributed by atoms with Gasteiger partial charge < -0.3 is 9.80 Å². The lowest BCUT2D eigenvalue weighted by Crippen LogP contribution is -2.44. The average molecular weight is 278 g/mol. The van der Waals surface area contributed by atoms with Gasteiger partial charge in [0.25, 0.3) is 0 Å². The SMILES string of the molecule is CN1CC(C(=O)N2CCCC2C2CCCC2=O)CC1=O. The minimum Gasteiger partial charge on any atom is -0.345 e. The van der Waals surface area contributed by atoms with E-state index in [1.807, 2.05) is 4.90 Å². The van der Waals surface area contributed by atoms with Crippen LogP contribution in [0.3, 0.4) is 0 Å². The minimum absolute atomic E-state index is 0.0519. The molecule has 0 bridgehead atoms. The van der Waals surface area contributed by atoms with Crippen LogP contribution in [0, 0.1) is 11.8 Å². The maximum atomic E-state index is 12.6. The molecule has 1 saturated carbocycles. The smallest absolute Gasteiger partial charge is 0.228 e. The lowest BCUT2D eigenvalue weighted by atomic mass is 9.94. The largest absolute Gasteiger partial charge is 0.345 e. The van der Waals surface area contributed by atoms with E-state index in [-0.39, 0.29) is 29.7 Å². The summed E-state index contributed by atoms with van der Waals surface area (Å²) in [4.78, 5) is 39.7. The van der Waals surface area contributed by atoms with Crippen molar-refractivity contribution in [2.24, 2.45) is 11.8 Å². The summed E-state index contributed by atoms with van der Waals surface area (Å²) in [5.74, 6) is 0.316. The maximum absolute atomic E-state index is 12.6. The summed E-state index contributed by atoms with van der Waals surface area (Å²) in [5.41, 5.74) is 0. The Morgan fingerprint density at radius 2 is 2.00 bits per heavy atom. The first-order valence-electron chi connectivity index (χ1n) is 7.65. The van der Waals surface area contributed by atoms with E-state index in [9.17, 15) is 14.4 Å². The summed E-state index contributed by atoms with van der Waals surface area (Å²) in [6.07, 6.45) is 4.82. The second-order valence-electron chi connectivity index (χ2n) is 6.38. The number of ketones is 1. The van der Waals surface area contributed by atoms with Crippen molar-refractivity contribution in [2.75, 3.05) is 20.1 Å². The Kier molecular flexibility index (Phi) is 3.52. The molecule has 110 valence electrons. The average Bonchev–Trinajstić information content (AvgIpc) is 3.10. The zero-order valence-electron chi connectivity index (χ0n) is 12.0. The molecular weight excluding hydrogens is 256 g/mol. The van der Waals surface area contributed by atoms with Crippen LogP contribution >= 0.6 is 0 Å². The molecule has 0 aromatic heterocycles. The van der Waals surface area contributed by atoms with E-state index in [2.05, 4.69) is 0 Å². The summed E-state index contributed by atoms with van der Waals surface area (Å²) < 4.78 is 0. The fourth-order valence-electron chi connectivity index (χ4n) is 4.00. The van der Waals surface area contributed by atoms with Gasteiger partial charge in [0, 0.05) is 44.9 Å². The van der Waals surface area contributed by atoms with Gasteiger partial charge in [-0.1, -0.05) is 0 Å². The van der Waals surface area contributed by atoms with E-state index in [0.717, 1.165) is 32.2 Å². The zero-order chi connectivity index (χ0) is 14.3. The number of rotatable bonds is 2. The van der Waals surface area contributed by atoms with E-state index in [1.165, 1.54) is 0 Å². The number of carbonyl (C=O) groups excluding carboxylic acids is 3. The van der Waals surface area contributed by atoms with Crippen molar-refractivity contribution in [2.45, 2.75) is 44.6 Å². The highest BCUT2D eigenvalue weighted by Gasteiger charge is 2.43. The highest BCUT2D eigenvalue weighted by molar-refractivity contribution is 5.90. The summed E-state index contributed by atoms with van der Waals surface area (Å²) >= 11 is 0. The number of Topliss-reactive ketones (excluding diaryl/α,β-unsaturated/α-hetero) is 1. The first kappa shape index (κ1) is 13.6. The number of likely N-dealkylation sites (tertiary alicyclic amines) is 2. The fourth-order valence-corrected chi connectivity index (χ4v) is 4.00. The molecule has 0 radical (unpaired) electrons. The number of carbonyl (C=O) groups is 3. The van der Waals surface area contributed by atoms with Gasteiger partial charge in [-0.25, -0.2) is 0 Å². The predicted molar refractivity (Wildman–Crippen MR) is 72.8 cm³/mol. The lowest BCUT2D eigenvalue weighted by Gasteiger charge is -2.30. The van der Waals surface area contributed by atoms with Crippen LogP contribution in [-0.2, 0) is 14.4 Å². The van der Waals surface area contributed by atoms with Crippen LogP contribution in [-0.4, -0.2) is 53.6 Å². The van der Waals surface area contributed by atoms with E-state index in [1.54, 1.807) is 11.9 Å². The molecule has 2 saturated heterocycles. The molecule has 2 aliphatic heterocycles. The van der Waals surface area contributed by atoms with Crippen molar-refractivity contribution in [1.82, 2.24) is 9.80 Å². The van der Waals surface area contributed by atoms with Gasteiger partial charge in [-0.05, 0) is 25.7 Å². The third kappa shape index (κ3) is 2.23. The molecule has 5 heteroatoms. The number of hydrogen-bond donors (Lipinski definition) is 0. The highest BCUT2D eigenvalue weighted by Crippen LogP contribution is 2.34. The molecule has 2 amide bonds. The van der Waals surface area contributed by atoms with Crippen LogP contribution in [0.2, 0.25) is 0 Å². The fraction of sp³-hybridized carbons (Fsp3) is 0.800. The van der Waals surface area contributed by atoms with Crippen LogP contribution in [0.25, 0.3) is 0 Å². The Morgan fingerprint density at radius 1 is 1.20 bits per heavy atom. The molecule has 3 atom stereocenters. The molecule has 2 heterocycles. The van der Waals surface area contributed by atoms with Gasteiger partial charge in [-0.3, -0.25) is 14.4 Å². The van der Waals surface area contributed by atoms with E-state index < -0.39 is 0 Å². The van der Waals surface area contributed by atoms with Crippen molar-refractivity contribution < 1.29 is 14.4 Å². The van der Waals surface area contributed by atoms with Crippen molar-refractivity contribution in [3.05, 3.63) is 0 Å². The molecule has 3 unspecified atom stereocenters. The van der Waals surface area contributed by atoms with Gasteiger partial charge in [0.05, 0.1) is 5.92 Å². The Labute approximate surface area is 119 Å². The molecule has 3 aliphatic rings. The topological polar surface area (TPSA) is 57.7 Å². The molecule has 5 nitrogen and oxygen atoms in total. The normalized spacial score (nSPS) is 34.4. The lowest BCUT2D eigenvalue weighted by molar-refractivity contribution is -0.138. The van der Waals surface area contributed by atoms with Gasteiger partial charge in [-0.2, -0.15) is 0 Å². The number of hydrogen-bond acceptors (Lipinski definition) is 3. The van der Waals surface area contributed by atoms with Crippen LogP contribution in [0.1, 0.15) is 38.5 Å². The first-order chi connectivity index (χ1) is 9.58. The second kappa shape index (κ2) is 5.19. The van der Waals surface area contributed by atoms with Crippen LogP contribution in [0.4, 0.5) is 0 Å². The third-order valence-electron chi connectivity index (χ3n) is 5.09. The summed E-state index contributed by atoms with van der Waals surface area (Å²) in [7, 11) is 1.75. The van der Waals surface area contributed by atoms with Crippen molar-refractivity contribution in [1.29, 1.82) is 0 Å². The molecule has 0 spiro atoms. The summed E-state index contributed by atoms with van der Waals surface area (Å²) in [6, 6.07) is 0.0958. The Morgan fingerprint density at radius 3 is 2.60 bits per heavy atom. The van der Waals surface area contributed by atoms with Crippen molar-refractivity contribution in [3.8, 4) is 0 Å². The third-order valence-corrected chi connectivity index (χ3v) is 5.09. The molecule has 0 aromatic rings. The summed E-state index contributed by atoms with van der Waals surface area (Å²) in [5, 5.41) is 0. The Bertz CT molecular complexity index is 448. The van der Waals surface area contributed by atoms with Gasteiger partial charge in [-0.15, -0.1) is 0 Å². The Balaban J connectivity index is 1.70. The predicted octanol–water partition coefficient (Wildman–Crippen LogP) is 0.825. The number of nitrogens with zero attached hydrogens (tertiary/aromatic N) is 2. The van der Waals surface area contributed by atoms with Crippen molar-refractivity contribution >= 4 is 17.6 Å². The van der Waals surface area contributed by atoms with Gasteiger partial charge in [0.2, 0.25) is 11.8 Å².